The Morgan fingerprint density at radius 2 is 1.89 bits per heavy atom. The molecule has 0 aliphatic rings. The van der Waals surface area contributed by atoms with Gasteiger partial charge in [0.1, 0.15) is 0 Å². The summed E-state index contributed by atoms with van der Waals surface area (Å²) in [7, 11) is 0. The van der Waals surface area contributed by atoms with Crippen molar-refractivity contribution >= 4 is 44.8 Å². The monoisotopic (exact) mass is 357 g/mol. The molecule has 1 unspecified atom stereocenters. The average molecular weight is 359 g/mol. The second-order valence-electron chi connectivity index (χ2n) is 4.47. The minimum atomic E-state index is 0.0890. The first-order valence-corrected chi connectivity index (χ1v) is 7.50. The highest BCUT2D eigenvalue weighted by atomic mass is 79.9. The Morgan fingerprint density at radius 3 is 2.58 bits per heavy atom. The number of benzene rings is 2. The lowest BCUT2D eigenvalue weighted by Crippen LogP contribution is -2.08. The quantitative estimate of drug-likeness (QED) is 0.684. The van der Waals surface area contributed by atoms with Crippen LogP contribution in [-0.2, 0) is 0 Å². The van der Waals surface area contributed by atoms with Crippen molar-refractivity contribution in [3.63, 3.8) is 0 Å². The predicted molar refractivity (Wildman–Crippen MR) is 87.4 cm³/mol. The van der Waals surface area contributed by atoms with Gasteiger partial charge in [-0.1, -0.05) is 51.3 Å². The van der Waals surface area contributed by atoms with Crippen molar-refractivity contribution in [2.75, 3.05) is 5.32 Å². The lowest BCUT2D eigenvalue weighted by molar-refractivity contribution is 0.883. The fraction of sp³-hybridized carbons (Fsp3) is 0.200. The van der Waals surface area contributed by atoms with Crippen LogP contribution in [0.1, 0.15) is 24.1 Å². The molecule has 1 atom stereocenters. The molecule has 0 amide bonds. The van der Waals surface area contributed by atoms with E-state index < -0.39 is 0 Å². The molecule has 0 aromatic heterocycles. The molecule has 2 aromatic rings. The molecule has 0 saturated heterocycles. The number of rotatable bonds is 3. The lowest BCUT2D eigenvalue weighted by Gasteiger charge is -2.19. The Labute approximate surface area is 132 Å². The summed E-state index contributed by atoms with van der Waals surface area (Å²) in [5, 5.41) is 4.65. The molecule has 0 radical (unpaired) electrons. The molecule has 0 bridgehead atoms. The molecule has 2 aromatic carbocycles. The Hall–Kier alpha value is -0.700. The molecule has 0 saturated carbocycles. The zero-order valence-corrected chi connectivity index (χ0v) is 13.8. The summed E-state index contributed by atoms with van der Waals surface area (Å²) in [6.07, 6.45) is 0. The number of anilines is 1. The van der Waals surface area contributed by atoms with E-state index in [9.17, 15) is 0 Å². The van der Waals surface area contributed by atoms with Crippen molar-refractivity contribution in [3.8, 4) is 0 Å². The van der Waals surface area contributed by atoms with Gasteiger partial charge in [0.25, 0.3) is 0 Å². The van der Waals surface area contributed by atoms with Crippen molar-refractivity contribution in [2.45, 2.75) is 19.9 Å². The van der Waals surface area contributed by atoms with Crippen LogP contribution < -0.4 is 5.32 Å². The Bertz CT molecular complexity index is 599. The first-order chi connectivity index (χ1) is 8.99. The molecule has 0 spiro atoms. The molecule has 100 valence electrons. The van der Waals surface area contributed by atoms with Gasteiger partial charge in [0.05, 0.1) is 16.1 Å². The summed E-state index contributed by atoms with van der Waals surface area (Å²) in [5.74, 6) is 0. The van der Waals surface area contributed by atoms with Crippen LogP contribution in [0.2, 0.25) is 10.0 Å². The third kappa shape index (κ3) is 3.44. The first kappa shape index (κ1) is 14.7. The number of hydrogen-bond donors (Lipinski definition) is 1. The molecular weight excluding hydrogens is 345 g/mol. The van der Waals surface area contributed by atoms with Crippen molar-refractivity contribution in [2.24, 2.45) is 0 Å². The normalized spacial score (nSPS) is 12.3. The highest BCUT2D eigenvalue weighted by Gasteiger charge is 2.12. The van der Waals surface area contributed by atoms with Gasteiger partial charge in [0.2, 0.25) is 0 Å². The van der Waals surface area contributed by atoms with Gasteiger partial charge >= 0.3 is 0 Å². The summed E-state index contributed by atoms with van der Waals surface area (Å²) in [4.78, 5) is 0. The van der Waals surface area contributed by atoms with Crippen LogP contribution in [0.25, 0.3) is 0 Å². The summed E-state index contributed by atoms with van der Waals surface area (Å²) in [6.45, 7) is 4.14. The SMILES string of the molecule is Cc1cc(Br)ccc1NC(C)c1cccc(Cl)c1Cl. The maximum Gasteiger partial charge on any atom is 0.0644 e. The highest BCUT2D eigenvalue weighted by molar-refractivity contribution is 9.10. The van der Waals surface area contributed by atoms with Gasteiger partial charge in [0.15, 0.2) is 0 Å². The van der Waals surface area contributed by atoms with Crippen LogP contribution in [0.5, 0.6) is 0 Å². The highest BCUT2D eigenvalue weighted by Crippen LogP contribution is 2.32. The number of aryl methyl sites for hydroxylation is 1. The number of hydrogen-bond acceptors (Lipinski definition) is 1. The van der Waals surface area contributed by atoms with E-state index in [1.54, 1.807) is 6.07 Å². The van der Waals surface area contributed by atoms with Gasteiger partial charge in [-0.3, -0.25) is 0 Å². The van der Waals surface area contributed by atoms with Crippen molar-refractivity contribution < 1.29 is 0 Å². The molecule has 19 heavy (non-hydrogen) atoms. The largest absolute Gasteiger partial charge is 0.378 e. The second-order valence-corrected chi connectivity index (χ2v) is 6.17. The lowest BCUT2D eigenvalue weighted by atomic mass is 10.1. The fourth-order valence-electron chi connectivity index (χ4n) is 1.95. The summed E-state index contributed by atoms with van der Waals surface area (Å²) in [5.41, 5.74) is 3.27. The first-order valence-electron chi connectivity index (χ1n) is 5.95. The summed E-state index contributed by atoms with van der Waals surface area (Å²) in [6, 6.07) is 11.9. The van der Waals surface area contributed by atoms with Crippen LogP contribution in [0.4, 0.5) is 5.69 Å². The van der Waals surface area contributed by atoms with E-state index in [4.69, 9.17) is 23.2 Å². The molecule has 0 fully saturated rings. The molecule has 0 aliphatic carbocycles. The average Bonchev–Trinajstić information content (AvgIpc) is 2.36. The summed E-state index contributed by atoms with van der Waals surface area (Å²) >= 11 is 15.7. The van der Waals surface area contributed by atoms with Gasteiger partial charge in [-0.15, -0.1) is 0 Å². The van der Waals surface area contributed by atoms with Gasteiger partial charge in [-0.2, -0.15) is 0 Å². The fourth-order valence-corrected chi connectivity index (χ4v) is 2.90. The minimum Gasteiger partial charge on any atom is -0.378 e. The third-order valence-corrected chi connectivity index (χ3v) is 4.34. The van der Waals surface area contributed by atoms with Crippen LogP contribution in [0.15, 0.2) is 40.9 Å². The van der Waals surface area contributed by atoms with Gasteiger partial charge < -0.3 is 5.32 Å². The summed E-state index contributed by atoms with van der Waals surface area (Å²) < 4.78 is 1.07. The smallest absolute Gasteiger partial charge is 0.0644 e. The van der Waals surface area contributed by atoms with Crippen molar-refractivity contribution in [3.05, 3.63) is 62.0 Å². The second kappa shape index (κ2) is 6.17. The van der Waals surface area contributed by atoms with Gasteiger partial charge in [-0.05, 0) is 49.2 Å². The molecule has 2 rings (SSSR count). The Morgan fingerprint density at radius 1 is 1.16 bits per heavy atom. The molecule has 4 heteroatoms. The predicted octanol–water partition coefficient (Wildman–Crippen LogP) is 6.24. The Balaban J connectivity index is 2.25. The van der Waals surface area contributed by atoms with Crippen molar-refractivity contribution in [1.29, 1.82) is 0 Å². The van der Waals surface area contributed by atoms with Gasteiger partial charge in [-0.25, -0.2) is 0 Å². The minimum absolute atomic E-state index is 0.0890. The third-order valence-electron chi connectivity index (χ3n) is 3.01. The van der Waals surface area contributed by atoms with Crippen LogP contribution >= 0.6 is 39.1 Å². The van der Waals surface area contributed by atoms with E-state index in [0.29, 0.717) is 10.0 Å². The molecule has 0 heterocycles. The molecule has 1 nitrogen and oxygen atoms in total. The van der Waals surface area contributed by atoms with Crippen LogP contribution in [0.3, 0.4) is 0 Å². The van der Waals surface area contributed by atoms with E-state index in [0.717, 1.165) is 15.7 Å². The van der Waals surface area contributed by atoms with E-state index in [1.165, 1.54) is 5.56 Å². The van der Waals surface area contributed by atoms with E-state index in [2.05, 4.69) is 41.2 Å². The molecular formula is C15H14BrCl2N. The molecule has 0 aliphatic heterocycles. The van der Waals surface area contributed by atoms with Gasteiger partial charge in [0, 0.05) is 10.2 Å². The van der Waals surface area contributed by atoms with Crippen LogP contribution in [-0.4, -0.2) is 0 Å². The van der Waals surface area contributed by atoms with Crippen molar-refractivity contribution in [1.82, 2.24) is 0 Å². The van der Waals surface area contributed by atoms with E-state index in [-0.39, 0.29) is 6.04 Å². The Kier molecular flexibility index (Phi) is 4.77. The number of halogens is 3. The number of nitrogens with one attached hydrogen (secondary N) is 1. The van der Waals surface area contributed by atoms with E-state index >= 15 is 0 Å². The van der Waals surface area contributed by atoms with E-state index in [1.807, 2.05) is 24.3 Å². The zero-order valence-electron chi connectivity index (χ0n) is 10.7. The topological polar surface area (TPSA) is 12.0 Å². The molecule has 1 N–H and O–H groups in total. The maximum atomic E-state index is 6.24. The maximum absolute atomic E-state index is 6.24. The van der Waals surface area contributed by atoms with Crippen LogP contribution in [0, 0.1) is 6.92 Å². The standard InChI is InChI=1S/C15H14BrCl2N/c1-9-8-11(16)6-7-14(9)19-10(2)12-4-3-5-13(17)15(12)18/h3-8,10,19H,1-2H3. The zero-order chi connectivity index (χ0) is 14.0.